The summed E-state index contributed by atoms with van der Waals surface area (Å²) in [5.41, 5.74) is 0.782. The Morgan fingerprint density at radius 2 is 2.00 bits per heavy atom. The van der Waals surface area contributed by atoms with E-state index in [2.05, 4.69) is 26.3 Å². The molecule has 36 heavy (non-hydrogen) atoms. The lowest BCUT2D eigenvalue weighted by Crippen LogP contribution is -2.52. The van der Waals surface area contributed by atoms with Crippen molar-refractivity contribution in [2.45, 2.75) is 31.0 Å². The summed E-state index contributed by atoms with van der Waals surface area (Å²) < 4.78 is 11.3. The average Bonchev–Trinajstić information content (AvgIpc) is 3.53. The number of benzene rings is 1. The summed E-state index contributed by atoms with van der Waals surface area (Å²) in [6.07, 6.45) is 2.01. The normalized spacial score (nSPS) is 22.0. The van der Waals surface area contributed by atoms with Crippen molar-refractivity contribution in [2.24, 2.45) is 0 Å². The van der Waals surface area contributed by atoms with Crippen LogP contribution in [0.3, 0.4) is 0 Å². The molecule has 2 aromatic heterocycles. The number of anilines is 1. The molecule has 1 atom stereocenters. The van der Waals surface area contributed by atoms with E-state index in [1.165, 1.54) is 12.0 Å². The van der Waals surface area contributed by atoms with Crippen LogP contribution in [0, 0.1) is 0 Å². The monoisotopic (exact) mass is 490 g/mol. The van der Waals surface area contributed by atoms with Gasteiger partial charge in [-0.1, -0.05) is 6.07 Å². The Kier molecular flexibility index (Phi) is 5.29. The summed E-state index contributed by atoms with van der Waals surface area (Å²) in [6, 6.07) is 10.3. The summed E-state index contributed by atoms with van der Waals surface area (Å²) in [6.45, 7) is 2.12. The van der Waals surface area contributed by atoms with Crippen molar-refractivity contribution in [3.8, 4) is 5.75 Å². The number of imide groups is 1. The first-order valence-corrected chi connectivity index (χ1v) is 11.9. The first kappa shape index (κ1) is 22.4. The number of carbonyl (C=O) groups excluding carboxylic acids is 3. The highest BCUT2D eigenvalue weighted by atomic mass is 16.5. The SMILES string of the molecule is COc1ccc2c(c1)C(=O)N(CC1(c3cc4nc(NC5CCNCC5)ccc4o3)NC(=O)NC1=O)C2. The van der Waals surface area contributed by atoms with Crippen LogP contribution in [-0.4, -0.2) is 60.5 Å². The van der Waals surface area contributed by atoms with Crippen molar-refractivity contribution >= 4 is 34.8 Å². The molecular weight excluding hydrogens is 464 g/mol. The first-order valence-electron chi connectivity index (χ1n) is 11.9. The van der Waals surface area contributed by atoms with E-state index >= 15 is 0 Å². The van der Waals surface area contributed by atoms with Crippen molar-refractivity contribution in [2.75, 3.05) is 32.1 Å². The molecule has 0 aliphatic carbocycles. The third-order valence-corrected chi connectivity index (χ3v) is 7.05. The summed E-state index contributed by atoms with van der Waals surface area (Å²) in [4.78, 5) is 44.8. The molecular formula is C25H26N6O5. The standard InChI is InChI=1S/C25H26N6O5/c1-35-16-3-2-14-12-31(22(32)17(14)10-16)13-25(23(33)29-24(34)30-25)20-11-18-19(36-20)4-5-21(28-18)27-15-6-8-26-9-7-15/h2-5,10-11,15,26H,6-9,12-13H2,1H3,(H,27,28)(H2,29,30,33,34). The number of amides is 4. The largest absolute Gasteiger partial charge is 0.497 e. The van der Waals surface area contributed by atoms with Gasteiger partial charge < -0.3 is 30.0 Å². The second-order valence-electron chi connectivity index (χ2n) is 9.36. The second-order valence-corrected chi connectivity index (χ2v) is 9.36. The van der Waals surface area contributed by atoms with Crippen molar-refractivity contribution in [1.82, 2.24) is 25.8 Å². The molecule has 4 N–H and O–H groups in total. The number of fused-ring (bicyclic) bond motifs is 2. The summed E-state index contributed by atoms with van der Waals surface area (Å²) in [5, 5.41) is 11.8. The molecule has 2 fully saturated rings. The number of hydrogen-bond acceptors (Lipinski definition) is 8. The molecule has 1 aromatic carbocycles. The number of nitrogens with zero attached hydrogens (tertiary/aromatic N) is 2. The maximum atomic E-state index is 13.2. The van der Waals surface area contributed by atoms with E-state index < -0.39 is 17.5 Å². The molecule has 3 aromatic rings. The van der Waals surface area contributed by atoms with Gasteiger partial charge in [0.15, 0.2) is 11.1 Å². The molecule has 3 aliphatic rings. The van der Waals surface area contributed by atoms with Crippen LogP contribution in [0.15, 0.2) is 40.8 Å². The van der Waals surface area contributed by atoms with Crippen molar-refractivity contribution < 1.29 is 23.5 Å². The molecule has 11 heteroatoms. The molecule has 2 saturated heterocycles. The van der Waals surface area contributed by atoms with Crippen molar-refractivity contribution in [1.29, 1.82) is 0 Å². The van der Waals surface area contributed by atoms with Gasteiger partial charge in [0.1, 0.15) is 22.8 Å². The number of methoxy groups -OCH3 is 1. The van der Waals surface area contributed by atoms with Gasteiger partial charge in [0.25, 0.3) is 11.8 Å². The van der Waals surface area contributed by atoms with Gasteiger partial charge >= 0.3 is 6.03 Å². The van der Waals surface area contributed by atoms with E-state index in [0.29, 0.717) is 35.0 Å². The number of furan rings is 1. The smallest absolute Gasteiger partial charge is 0.322 e. The quantitative estimate of drug-likeness (QED) is 0.383. The van der Waals surface area contributed by atoms with E-state index in [9.17, 15) is 14.4 Å². The van der Waals surface area contributed by atoms with E-state index in [1.807, 2.05) is 12.1 Å². The van der Waals surface area contributed by atoms with Crippen LogP contribution in [0.5, 0.6) is 5.75 Å². The molecule has 4 amide bonds. The Morgan fingerprint density at radius 1 is 1.17 bits per heavy atom. The summed E-state index contributed by atoms with van der Waals surface area (Å²) in [5.74, 6) is 0.673. The van der Waals surface area contributed by atoms with Gasteiger partial charge in [-0.25, -0.2) is 9.78 Å². The zero-order valence-corrected chi connectivity index (χ0v) is 19.7. The number of carbonyl (C=O) groups is 3. The lowest BCUT2D eigenvalue weighted by Gasteiger charge is -2.28. The highest BCUT2D eigenvalue weighted by Crippen LogP contribution is 2.35. The van der Waals surface area contributed by atoms with Gasteiger partial charge in [0.05, 0.1) is 13.7 Å². The highest BCUT2D eigenvalue weighted by molar-refractivity contribution is 6.08. The maximum absolute atomic E-state index is 13.2. The minimum Gasteiger partial charge on any atom is -0.497 e. The number of urea groups is 1. The Morgan fingerprint density at radius 3 is 2.75 bits per heavy atom. The molecule has 6 rings (SSSR count). The van der Waals surface area contributed by atoms with Gasteiger partial charge in [0.2, 0.25) is 0 Å². The fraction of sp³-hybridized carbons (Fsp3) is 0.360. The van der Waals surface area contributed by atoms with E-state index in [-0.39, 0.29) is 18.2 Å². The predicted molar refractivity (Wildman–Crippen MR) is 130 cm³/mol. The van der Waals surface area contributed by atoms with Gasteiger partial charge in [-0.3, -0.25) is 14.9 Å². The lowest BCUT2D eigenvalue weighted by atomic mass is 9.95. The maximum Gasteiger partial charge on any atom is 0.322 e. The Hall–Kier alpha value is -4.12. The van der Waals surface area contributed by atoms with Gasteiger partial charge in [-0.15, -0.1) is 0 Å². The Balaban J connectivity index is 1.31. The molecule has 3 aliphatic heterocycles. The fourth-order valence-corrected chi connectivity index (χ4v) is 5.13. The van der Waals surface area contributed by atoms with Crippen LogP contribution in [0.25, 0.3) is 11.1 Å². The number of pyridine rings is 1. The summed E-state index contributed by atoms with van der Waals surface area (Å²) in [7, 11) is 1.54. The summed E-state index contributed by atoms with van der Waals surface area (Å²) >= 11 is 0. The molecule has 0 bridgehead atoms. The van der Waals surface area contributed by atoms with Crippen LogP contribution >= 0.6 is 0 Å². The van der Waals surface area contributed by atoms with E-state index in [1.54, 1.807) is 24.3 Å². The molecule has 11 nitrogen and oxygen atoms in total. The lowest BCUT2D eigenvalue weighted by molar-refractivity contribution is -0.125. The third-order valence-electron chi connectivity index (χ3n) is 7.05. The third kappa shape index (κ3) is 3.72. The van der Waals surface area contributed by atoms with Gasteiger partial charge in [-0.2, -0.15) is 0 Å². The molecule has 5 heterocycles. The number of rotatable bonds is 6. The number of ether oxygens (including phenoxy) is 1. The van der Waals surface area contributed by atoms with E-state index in [4.69, 9.17) is 9.15 Å². The average molecular weight is 491 g/mol. The molecule has 0 saturated carbocycles. The van der Waals surface area contributed by atoms with Crippen molar-refractivity contribution in [3.05, 3.63) is 53.3 Å². The Labute approximate surface area is 206 Å². The number of aromatic nitrogens is 1. The predicted octanol–water partition coefficient (Wildman–Crippen LogP) is 1.69. The van der Waals surface area contributed by atoms with Crippen LogP contribution < -0.4 is 26.0 Å². The number of nitrogens with one attached hydrogen (secondary N) is 4. The molecule has 1 unspecified atom stereocenters. The number of hydrogen-bond donors (Lipinski definition) is 4. The highest BCUT2D eigenvalue weighted by Gasteiger charge is 2.53. The van der Waals surface area contributed by atoms with Gasteiger partial charge in [0, 0.05) is 24.2 Å². The minimum absolute atomic E-state index is 0.0968. The van der Waals surface area contributed by atoms with Crippen LogP contribution in [-0.2, 0) is 16.9 Å². The van der Waals surface area contributed by atoms with Gasteiger partial charge in [-0.05, 0) is 55.8 Å². The van der Waals surface area contributed by atoms with Crippen molar-refractivity contribution in [3.63, 3.8) is 0 Å². The Bertz CT molecular complexity index is 1380. The topological polar surface area (TPSA) is 138 Å². The van der Waals surface area contributed by atoms with E-state index in [0.717, 1.165) is 37.3 Å². The van der Waals surface area contributed by atoms with Crippen LogP contribution in [0.4, 0.5) is 10.6 Å². The van der Waals surface area contributed by atoms with Crippen LogP contribution in [0.1, 0.15) is 34.5 Å². The number of piperidine rings is 1. The minimum atomic E-state index is -1.58. The zero-order chi connectivity index (χ0) is 24.9. The first-order chi connectivity index (χ1) is 17.4. The fourth-order valence-electron chi connectivity index (χ4n) is 5.13. The zero-order valence-electron chi connectivity index (χ0n) is 19.7. The van der Waals surface area contributed by atoms with Crippen LogP contribution in [0.2, 0.25) is 0 Å². The molecule has 0 radical (unpaired) electrons. The molecule has 0 spiro atoms. The second kappa shape index (κ2) is 8.52. The molecule has 186 valence electrons.